The molecule has 4 aliphatic rings. The largest absolute Gasteiger partial charge is 0.313 e. The van der Waals surface area contributed by atoms with E-state index in [2.05, 4.69) is 103 Å². The minimum Gasteiger partial charge on any atom is -0.313 e. The zero-order valence-electron chi connectivity index (χ0n) is 28.4. The predicted molar refractivity (Wildman–Crippen MR) is 199 cm³/mol. The third-order valence-corrected chi connectivity index (χ3v) is 8.50. The summed E-state index contributed by atoms with van der Waals surface area (Å²) in [4.78, 5) is 23.6. The molecular weight excluding hydrogens is 592 g/mol. The van der Waals surface area contributed by atoms with Crippen LogP contribution in [0.5, 0.6) is 0 Å². The van der Waals surface area contributed by atoms with E-state index in [4.69, 9.17) is 9.98 Å². The zero-order valence-corrected chi connectivity index (χ0v) is 28.4. The molecule has 0 atom stereocenters. The van der Waals surface area contributed by atoms with E-state index in [1.165, 1.54) is 11.1 Å². The average Bonchev–Trinajstić information content (AvgIpc) is 3.12. The zero-order chi connectivity index (χ0) is 32.9. The molecule has 0 fully saturated rings. The Morgan fingerprint density at radius 3 is 1.35 bits per heavy atom. The first-order valence-electron chi connectivity index (χ1n) is 17.6. The van der Waals surface area contributed by atoms with E-state index in [1.807, 2.05) is 37.0 Å². The topological polar surface area (TPSA) is 81.0 Å². The van der Waals surface area contributed by atoms with Gasteiger partial charge in [-0.15, -0.1) is 0 Å². The van der Waals surface area contributed by atoms with E-state index in [0.717, 1.165) is 127 Å². The molecule has 8 heteroatoms. The highest BCUT2D eigenvalue weighted by Gasteiger charge is 2.08. The lowest BCUT2D eigenvalue weighted by Gasteiger charge is -2.22. The number of hydrogen-bond acceptors (Lipinski definition) is 8. The van der Waals surface area contributed by atoms with E-state index < -0.39 is 0 Å². The Balaban J connectivity index is 1.17. The van der Waals surface area contributed by atoms with Crippen LogP contribution in [0.2, 0.25) is 0 Å². The molecule has 0 aliphatic carbocycles. The van der Waals surface area contributed by atoms with Crippen LogP contribution in [-0.4, -0.2) is 84.6 Å². The Labute approximate surface area is 287 Å². The van der Waals surface area contributed by atoms with Gasteiger partial charge in [-0.3, -0.25) is 29.8 Å². The Bertz CT molecular complexity index is 1360. The van der Waals surface area contributed by atoms with Gasteiger partial charge in [0.05, 0.1) is 11.4 Å². The number of aromatic nitrogens is 2. The van der Waals surface area contributed by atoms with Gasteiger partial charge in [0, 0.05) is 77.2 Å². The van der Waals surface area contributed by atoms with Crippen LogP contribution in [0.25, 0.3) is 0 Å². The normalized spacial score (nSPS) is 17.3. The van der Waals surface area contributed by atoms with Gasteiger partial charge in [0.15, 0.2) is 0 Å². The molecule has 0 spiro atoms. The van der Waals surface area contributed by atoms with Crippen LogP contribution in [0.15, 0.2) is 107 Å². The van der Waals surface area contributed by atoms with Crippen LogP contribution >= 0.6 is 0 Å². The average molecular weight is 645 g/mol. The van der Waals surface area contributed by atoms with Crippen molar-refractivity contribution in [1.82, 2.24) is 30.4 Å². The molecule has 0 saturated carbocycles. The van der Waals surface area contributed by atoms with Gasteiger partial charge in [0.1, 0.15) is 0 Å². The summed E-state index contributed by atoms with van der Waals surface area (Å²) >= 11 is 0. The maximum atomic E-state index is 4.75. The highest BCUT2D eigenvalue weighted by atomic mass is 15.1. The summed E-state index contributed by atoms with van der Waals surface area (Å²) < 4.78 is 0. The molecule has 4 bridgehead atoms. The van der Waals surface area contributed by atoms with Crippen molar-refractivity contribution in [2.24, 2.45) is 9.98 Å². The van der Waals surface area contributed by atoms with E-state index in [9.17, 15) is 0 Å². The van der Waals surface area contributed by atoms with Gasteiger partial charge in [-0.1, -0.05) is 60.7 Å². The highest BCUT2D eigenvalue weighted by Crippen LogP contribution is 2.08. The van der Waals surface area contributed by atoms with Gasteiger partial charge < -0.3 is 10.6 Å². The van der Waals surface area contributed by atoms with Crippen LogP contribution in [0, 0.1) is 0 Å². The first-order valence-corrected chi connectivity index (χ1v) is 17.6. The third-order valence-electron chi connectivity index (χ3n) is 8.50. The van der Waals surface area contributed by atoms with Crippen LogP contribution in [-0.2, 0) is 26.2 Å². The quantitative estimate of drug-likeness (QED) is 0.294. The maximum Gasteiger partial charge on any atom is 0.0543 e. The fraction of sp³-hybridized carbons (Fsp3) is 0.400. The van der Waals surface area contributed by atoms with Crippen molar-refractivity contribution < 1.29 is 0 Å². The number of nitrogens with zero attached hydrogens (tertiary/aromatic N) is 6. The number of hydrogen-bond donors (Lipinski definition) is 2. The second-order valence-corrected chi connectivity index (χ2v) is 12.5. The lowest BCUT2D eigenvalue weighted by atomic mass is 10.1. The number of benzene rings is 2. The van der Waals surface area contributed by atoms with Gasteiger partial charge in [0.25, 0.3) is 0 Å². The molecule has 2 aromatic carbocycles. The van der Waals surface area contributed by atoms with Crippen molar-refractivity contribution in [2.45, 2.75) is 51.9 Å². The molecular formula is C40H52N8. The standard InChI is InChI=1S/C40H52N8/c1-3-23-45-39(9-1)33-47-25-5-19-41-29-35-11-15-37(16-12-35)31-43-21-7-27-48(34-40-10-2-4-24-46-40)28-8-22-44-32-38-17-13-36(14-18-38)30-42-20-6-26-47/h1-4,9-18,23-24,29,32,42-43H,5-8,19-22,25-28,30-31,33-34H2. The van der Waals surface area contributed by atoms with Crippen molar-refractivity contribution in [3.63, 3.8) is 0 Å². The number of rotatable bonds is 4. The molecule has 0 radical (unpaired) electrons. The summed E-state index contributed by atoms with van der Waals surface area (Å²) in [7, 11) is 0. The monoisotopic (exact) mass is 644 g/mol. The van der Waals surface area contributed by atoms with Crippen molar-refractivity contribution in [3.05, 3.63) is 131 Å². The first kappa shape index (κ1) is 35.2. The predicted octanol–water partition coefficient (Wildman–Crippen LogP) is 5.77. The Hall–Kier alpha value is -4.08. The van der Waals surface area contributed by atoms with Gasteiger partial charge >= 0.3 is 0 Å². The summed E-state index contributed by atoms with van der Waals surface area (Å²) in [5, 5.41) is 7.27. The molecule has 4 aromatic rings. The second-order valence-electron chi connectivity index (χ2n) is 12.5. The van der Waals surface area contributed by atoms with Gasteiger partial charge in [-0.2, -0.15) is 0 Å². The summed E-state index contributed by atoms with van der Waals surface area (Å²) in [5.41, 5.74) is 7.13. The highest BCUT2D eigenvalue weighted by molar-refractivity contribution is 5.80. The summed E-state index contributed by atoms with van der Waals surface area (Å²) in [6, 6.07) is 29.8. The van der Waals surface area contributed by atoms with E-state index >= 15 is 0 Å². The molecule has 48 heavy (non-hydrogen) atoms. The Morgan fingerprint density at radius 2 is 0.938 bits per heavy atom. The van der Waals surface area contributed by atoms with E-state index in [0.29, 0.717) is 0 Å². The lowest BCUT2D eigenvalue weighted by Crippen LogP contribution is -2.29. The molecule has 0 saturated heterocycles. The minimum atomic E-state index is 0.818. The van der Waals surface area contributed by atoms with Crippen molar-refractivity contribution in [1.29, 1.82) is 0 Å². The molecule has 8 rings (SSSR count). The smallest absolute Gasteiger partial charge is 0.0543 e. The van der Waals surface area contributed by atoms with Crippen molar-refractivity contribution >= 4 is 12.4 Å². The van der Waals surface area contributed by atoms with Crippen LogP contribution in [0.1, 0.15) is 59.3 Å². The summed E-state index contributed by atoms with van der Waals surface area (Å²) in [6.45, 7) is 11.1. The first-order chi connectivity index (χ1) is 23.8. The molecule has 252 valence electrons. The lowest BCUT2D eigenvalue weighted by molar-refractivity contribution is 0.256. The Kier molecular flexibility index (Phi) is 15.4. The number of pyridine rings is 2. The molecule has 0 unspecified atom stereocenters. The SMILES string of the molecule is C1=NCCCN(Cc2ccccn2)CCCNCc2ccc(cc2)C=NCCCN(Cc2ccccn2)CCCNCc2ccc1cc2. The van der Waals surface area contributed by atoms with Gasteiger partial charge in [-0.05, 0) is 98.4 Å². The summed E-state index contributed by atoms with van der Waals surface area (Å²) in [6.07, 6.45) is 12.0. The van der Waals surface area contributed by atoms with E-state index in [1.54, 1.807) is 0 Å². The molecule has 2 N–H and O–H groups in total. The minimum absolute atomic E-state index is 0.818. The van der Waals surface area contributed by atoms with Crippen LogP contribution in [0.3, 0.4) is 0 Å². The molecule has 4 aliphatic heterocycles. The second kappa shape index (κ2) is 21.0. The van der Waals surface area contributed by atoms with Crippen LogP contribution < -0.4 is 10.6 Å². The third kappa shape index (κ3) is 13.6. The number of aliphatic imine (C=N–C) groups is 2. The number of nitrogens with one attached hydrogen (secondary N) is 2. The fourth-order valence-electron chi connectivity index (χ4n) is 5.86. The van der Waals surface area contributed by atoms with E-state index in [-0.39, 0.29) is 0 Å². The van der Waals surface area contributed by atoms with Crippen LogP contribution in [0.4, 0.5) is 0 Å². The molecule has 0 amide bonds. The fourth-order valence-corrected chi connectivity index (χ4v) is 5.86. The molecule has 6 heterocycles. The Morgan fingerprint density at radius 1 is 0.500 bits per heavy atom. The maximum absolute atomic E-state index is 4.75. The molecule has 8 nitrogen and oxygen atoms in total. The van der Waals surface area contributed by atoms with Gasteiger partial charge in [-0.25, -0.2) is 0 Å². The van der Waals surface area contributed by atoms with Crippen molar-refractivity contribution in [3.8, 4) is 0 Å². The molecule has 2 aromatic heterocycles. The van der Waals surface area contributed by atoms with Gasteiger partial charge in [0.2, 0.25) is 0 Å². The van der Waals surface area contributed by atoms with Crippen molar-refractivity contribution in [2.75, 3.05) is 52.4 Å². The summed E-state index contributed by atoms with van der Waals surface area (Å²) in [5.74, 6) is 0.